The maximum Gasteiger partial charge on any atom is 0.282 e. The van der Waals surface area contributed by atoms with Gasteiger partial charge in [0, 0.05) is 69.8 Å². The molecule has 2 saturated heterocycles. The molecule has 1 N–H and O–H groups in total. The predicted octanol–water partition coefficient (Wildman–Crippen LogP) is 4.52. The van der Waals surface area contributed by atoms with Gasteiger partial charge in [-0.25, -0.2) is 17.6 Å². The van der Waals surface area contributed by atoms with Crippen molar-refractivity contribution >= 4 is 16.0 Å². The van der Waals surface area contributed by atoms with Gasteiger partial charge in [0.25, 0.3) is 10.2 Å². The molecule has 0 aliphatic carbocycles. The molecule has 43 heavy (non-hydrogen) atoms. The molecular weight excluding hydrogens is 584 g/mol. The van der Waals surface area contributed by atoms with Gasteiger partial charge < -0.3 is 5.32 Å². The second-order valence-corrected chi connectivity index (χ2v) is 13.0. The average Bonchev–Trinajstić information content (AvgIpc) is 3.52. The summed E-state index contributed by atoms with van der Waals surface area (Å²) in [6, 6.07) is 7.98. The Hall–Kier alpha value is -3.19. The minimum Gasteiger partial charge on any atom is -0.314 e. The molecule has 2 aliphatic heterocycles. The summed E-state index contributed by atoms with van der Waals surface area (Å²) in [5.41, 5.74) is 1.37. The number of Topliss-reactive ketones (excluding diaryl/α,β-unsaturated/α-hetero) is 1. The summed E-state index contributed by atoms with van der Waals surface area (Å²) in [6.45, 7) is 2.25. The van der Waals surface area contributed by atoms with E-state index in [0.717, 1.165) is 37.2 Å². The van der Waals surface area contributed by atoms with Crippen molar-refractivity contribution in [2.45, 2.75) is 50.5 Å². The van der Waals surface area contributed by atoms with Crippen LogP contribution in [0, 0.1) is 23.3 Å². The minimum atomic E-state index is -3.64. The van der Waals surface area contributed by atoms with Gasteiger partial charge in [-0.1, -0.05) is 12.1 Å². The Balaban J connectivity index is 1.33. The van der Waals surface area contributed by atoms with Gasteiger partial charge in [-0.15, -0.1) is 0 Å². The molecule has 7 nitrogen and oxygen atoms in total. The molecule has 1 aromatic heterocycles. The summed E-state index contributed by atoms with van der Waals surface area (Å²) in [6.07, 6.45) is 4.31. The number of nitrogens with one attached hydrogen (secondary N) is 1. The SMILES string of the molecule is O=C(Cc1cncc(F)c1CC[C@H]1CNCCN1S(=O)(=O)N1CCCC1)C[C@@H](c1ccc(F)cc1)c1cc(F)cc(F)c1. The van der Waals surface area contributed by atoms with Crippen molar-refractivity contribution in [2.75, 3.05) is 32.7 Å². The Bertz CT molecular complexity index is 1530. The van der Waals surface area contributed by atoms with Crippen molar-refractivity contribution in [3.05, 3.63) is 100 Å². The fourth-order valence-corrected chi connectivity index (χ4v) is 7.91. The van der Waals surface area contributed by atoms with Crippen LogP contribution in [0.1, 0.15) is 53.9 Å². The second kappa shape index (κ2) is 13.6. The molecule has 0 spiro atoms. The van der Waals surface area contributed by atoms with Crippen LogP contribution in [0.5, 0.6) is 0 Å². The molecular formula is C31H34F4N4O3S. The highest BCUT2D eigenvalue weighted by atomic mass is 32.2. The number of aromatic nitrogens is 1. The number of carbonyl (C=O) groups is 1. The van der Waals surface area contributed by atoms with Crippen LogP contribution in [-0.4, -0.2) is 66.6 Å². The lowest BCUT2D eigenvalue weighted by Crippen LogP contribution is -2.57. The number of hydrogen-bond acceptors (Lipinski definition) is 5. The number of hydrogen-bond donors (Lipinski definition) is 1. The number of piperazine rings is 1. The van der Waals surface area contributed by atoms with E-state index in [1.54, 1.807) is 0 Å². The van der Waals surface area contributed by atoms with Crippen LogP contribution in [0.3, 0.4) is 0 Å². The third-order valence-corrected chi connectivity index (χ3v) is 10.3. The zero-order valence-corrected chi connectivity index (χ0v) is 24.4. The highest BCUT2D eigenvalue weighted by molar-refractivity contribution is 7.86. The van der Waals surface area contributed by atoms with E-state index in [2.05, 4.69) is 10.3 Å². The van der Waals surface area contributed by atoms with E-state index in [1.807, 2.05) is 0 Å². The molecule has 3 heterocycles. The van der Waals surface area contributed by atoms with E-state index in [4.69, 9.17) is 0 Å². The number of benzene rings is 2. The van der Waals surface area contributed by atoms with Gasteiger partial charge in [0.15, 0.2) is 0 Å². The van der Waals surface area contributed by atoms with Crippen molar-refractivity contribution in [1.82, 2.24) is 18.9 Å². The molecule has 2 aromatic carbocycles. The third kappa shape index (κ3) is 7.49. The van der Waals surface area contributed by atoms with E-state index in [-0.39, 0.29) is 42.2 Å². The number of rotatable bonds is 11. The van der Waals surface area contributed by atoms with Crippen LogP contribution in [0.15, 0.2) is 54.9 Å². The summed E-state index contributed by atoms with van der Waals surface area (Å²) < 4.78 is 86.5. The summed E-state index contributed by atoms with van der Waals surface area (Å²) >= 11 is 0. The van der Waals surface area contributed by atoms with E-state index in [9.17, 15) is 26.4 Å². The molecule has 3 aromatic rings. The van der Waals surface area contributed by atoms with Crippen LogP contribution in [0.25, 0.3) is 0 Å². The lowest BCUT2D eigenvalue weighted by atomic mass is 9.85. The molecule has 0 bridgehead atoms. The number of ketones is 1. The van der Waals surface area contributed by atoms with Crippen LogP contribution in [-0.2, 0) is 27.8 Å². The number of pyridine rings is 1. The monoisotopic (exact) mass is 618 g/mol. The zero-order valence-electron chi connectivity index (χ0n) is 23.6. The Labute approximate surface area is 249 Å². The van der Waals surface area contributed by atoms with Crippen molar-refractivity contribution in [3.8, 4) is 0 Å². The smallest absolute Gasteiger partial charge is 0.282 e. The van der Waals surface area contributed by atoms with Crippen molar-refractivity contribution in [3.63, 3.8) is 0 Å². The van der Waals surface area contributed by atoms with Gasteiger partial charge in [-0.05, 0) is 72.2 Å². The van der Waals surface area contributed by atoms with Crippen molar-refractivity contribution < 1.29 is 30.8 Å². The molecule has 0 amide bonds. The predicted molar refractivity (Wildman–Crippen MR) is 154 cm³/mol. The van der Waals surface area contributed by atoms with Gasteiger partial charge >= 0.3 is 0 Å². The topological polar surface area (TPSA) is 82.6 Å². The Morgan fingerprint density at radius 2 is 1.63 bits per heavy atom. The Kier molecular flexibility index (Phi) is 9.90. The molecule has 2 fully saturated rings. The van der Waals surface area contributed by atoms with Crippen LogP contribution >= 0.6 is 0 Å². The quantitative estimate of drug-likeness (QED) is 0.320. The minimum absolute atomic E-state index is 0.168. The van der Waals surface area contributed by atoms with E-state index in [0.29, 0.717) is 50.3 Å². The summed E-state index contributed by atoms with van der Waals surface area (Å²) in [4.78, 5) is 17.3. The average molecular weight is 619 g/mol. The molecule has 0 radical (unpaired) electrons. The maximum absolute atomic E-state index is 15.1. The van der Waals surface area contributed by atoms with Crippen LogP contribution in [0.2, 0.25) is 0 Å². The highest BCUT2D eigenvalue weighted by Gasteiger charge is 2.37. The fourth-order valence-electron chi connectivity index (χ4n) is 6.02. The van der Waals surface area contributed by atoms with E-state index < -0.39 is 39.4 Å². The van der Waals surface area contributed by atoms with E-state index >= 15 is 4.39 Å². The molecule has 5 rings (SSSR count). The van der Waals surface area contributed by atoms with Crippen LogP contribution < -0.4 is 5.32 Å². The first-order valence-corrected chi connectivity index (χ1v) is 15.8. The molecule has 0 unspecified atom stereocenters. The first-order valence-electron chi connectivity index (χ1n) is 14.4. The lowest BCUT2D eigenvalue weighted by Gasteiger charge is -2.37. The molecule has 230 valence electrons. The standard InChI is InChI=1S/C31H34F4N4O3S/c32-24-5-3-21(4-6-24)30(22-13-25(33)16-26(34)14-22)17-28(40)15-23-18-37-20-31(35)29(23)8-7-27-19-36-9-12-39(27)43(41,42)38-10-1-2-11-38/h3-6,13-14,16,18,20,27,30,36H,1-2,7-12,15,17,19H2/t27-,30-/m0/s1. The van der Waals surface area contributed by atoms with Gasteiger partial charge in [-0.2, -0.15) is 17.0 Å². The normalized spacial score (nSPS) is 19.0. The van der Waals surface area contributed by atoms with Gasteiger partial charge in [0.1, 0.15) is 29.1 Å². The lowest BCUT2D eigenvalue weighted by molar-refractivity contribution is -0.118. The molecule has 2 atom stereocenters. The van der Waals surface area contributed by atoms with Crippen LogP contribution in [0.4, 0.5) is 17.6 Å². The summed E-state index contributed by atoms with van der Waals surface area (Å²) in [7, 11) is -3.64. The third-order valence-electron chi connectivity index (χ3n) is 8.18. The zero-order chi connectivity index (χ0) is 30.6. The van der Waals surface area contributed by atoms with Gasteiger partial charge in [0.05, 0.1) is 6.20 Å². The summed E-state index contributed by atoms with van der Waals surface area (Å²) in [5, 5.41) is 3.23. The molecule has 12 heteroatoms. The Morgan fingerprint density at radius 3 is 2.33 bits per heavy atom. The Morgan fingerprint density at radius 1 is 0.930 bits per heavy atom. The molecule has 2 aliphatic rings. The number of halogens is 4. The first-order chi connectivity index (χ1) is 20.6. The maximum atomic E-state index is 15.1. The fraction of sp³-hybridized carbons (Fsp3) is 0.419. The van der Waals surface area contributed by atoms with Gasteiger partial charge in [-0.3, -0.25) is 9.78 Å². The number of carbonyl (C=O) groups excluding carboxylic acids is 1. The number of nitrogens with zero attached hydrogens (tertiary/aromatic N) is 3. The second-order valence-electron chi connectivity index (χ2n) is 11.1. The largest absolute Gasteiger partial charge is 0.314 e. The van der Waals surface area contributed by atoms with Crippen molar-refractivity contribution in [1.29, 1.82) is 0 Å². The van der Waals surface area contributed by atoms with E-state index in [1.165, 1.54) is 39.1 Å². The highest BCUT2D eigenvalue weighted by Crippen LogP contribution is 2.31. The molecule has 0 saturated carbocycles. The first kappa shape index (κ1) is 31.2. The summed E-state index contributed by atoms with van der Waals surface area (Å²) in [5.74, 6) is -3.78. The van der Waals surface area contributed by atoms with Crippen molar-refractivity contribution in [2.24, 2.45) is 0 Å². The van der Waals surface area contributed by atoms with Gasteiger partial charge in [0.2, 0.25) is 0 Å².